The van der Waals surface area contributed by atoms with E-state index in [9.17, 15) is 0 Å². The van der Waals surface area contributed by atoms with Crippen LogP contribution in [0, 0.1) is 20.8 Å². The van der Waals surface area contributed by atoms with Gasteiger partial charge in [0.15, 0.2) is 0 Å². The van der Waals surface area contributed by atoms with Crippen LogP contribution in [-0.4, -0.2) is 28.5 Å². The number of pyridine rings is 1. The summed E-state index contributed by atoms with van der Waals surface area (Å²) in [6.07, 6.45) is 3.01. The molecule has 3 heteroatoms. The molecule has 3 aromatic rings. The van der Waals surface area contributed by atoms with Crippen LogP contribution in [0.2, 0.25) is 0 Å². The quantitative estimate of drug-likeness (QED) is 0.700. The van der Waals surface area contributed by atoms with Gasteiger partial charge in [0.2, 0.25) is 0 Å². The third kappa shape index (κ3) is 3.36. The van der Waals surface area contributed by atoms with Gasteiger partial charge >= 0.3 is 0 Å². The molecule has 0 bridgehead atoms. The molecule has 3 nitrogen and oxygen atoms in total. The van der Waals surface area contributed by atoms with Crippen molar-refractivity contribution in [2.45, 2.75) is 40.3 Å². The lowest BCUT2D eigenvalue weighted by atomic mass is 10.1. The van der Waals surface area contributed by atoms with Gasteiger partial charge in [0.1, 0.15) is 0 Å². The van der Waals surface area contributed by atoms with Gasteiger partial charge in [0.25, 0.3) is 0 Å². The number of fused-ring (bicyclic) bond motifs is 1. The van der Waals surface area contributed by atoms with E-state index < -0.39 is 0 Å². The molecule has 0 saturated heterocycles. The number of rotatable bonds is 5. The molecule has 0 amide bonds. The SMILES string of the molecule is Cc1ccc2c(c1)c(CN(C)C)c(C)n2CCc1ccc(C)nc1. The Morgan fingerprint density at radius 2 is 1.83 bits per heavy atom. The van der Waals surface area contributed by atoms with Crippen molar-refractivity contribution in [2.24, 2.45) is 0 Å². The summed E-state index contributed by atoms with van der Waals surface area (Å²) in [6, 6.07) is 11.1. The van der Waals surface area contributed by atoms with Crippen LogP contribution in [0.1, 0.15) is 28.1 Å². The number of aryl methyl sites for hydroxylation is 4. The molecule has 0 aliphatic heterocycles. The molecule has 0 radical (unpaired) electrons. The molecule has 1 aromatic carbocycles. The van der Waals surface area contributed by atoms with E-state index in [0.717, 1.165) is 25.2 Å². The maximum absolute atomic E-state index is 4.42. The number of hydrogen-bond donors (Lipinski definition) is 0. The van der Waals surface area contributed by atoms with Crippen molar-refractivity contribution in [1.82, 2.24) is 14.5 Å². The standard InChI is InChI=1S/C21H27N3/c1-15-6-9-21-19(12-15)20(14-23(4)5)17(3)24(21)11-10-18-8-7-16(2)22-13-18/h6-9,12-13H,10-11,14H2,1-5H3. The molecule has 0 N–H and O–H groups in total. The smallest absolute Gasteiger partial charge is 0.0486 e. The third-order valence-electron chi connectivity index (χ3n) is 4.68. The van der Waals surface area contributed by atoms with Crippen LogP contribution in [0.25, 0.3) is 10.9 Å². The van der Waals surface area contributed by atoms with Crippen LogP contribution in [-0.2, 0) is 19.5 Å². The van der Waals surface area contributed by atoms with Crippen molar-refractivity contribution in [2.75, 3.05) is 14.1 Å². The molecule has 0 atom stereocenters. The largest absolute Gasteiger partial charge is 0.344 e. The Hall–Kier alpha value is -2.13. The molecule has 0 fully saturated rings. The summed E-state index contributed by atoms with van der Waals surface area (Å²) >= 11 is 0. The molecule has 0 aliphatic carbocycles. The van der Waals surface area contributed by atoms with Gasteiger partial charge < -0.3 is 9.47 Å². The lowest BCUT2D eigenvalue weighted by Gasteiger charge is -2.11. The highest BCUT2D eigenvalue weighted by Gasteiger charge is 2.14. The summed E-state index contributed by atoms with van der Waals surface area (Å²) in [5.74, 6) is 0. The van der Waals surface area contributed by atoms with Crippen LogP contribution in [0.15, 0.2) is 36.5 Å². The fraction of sp³-hybridized carbons (Fsp3) is 0.381. The van der Waals surface area contributed by atoms with Gasteiger partial charge in [-0.05, 0) is 70.6 Å². The number of nitrogens with zero attached hydrogens (tertiary/aromatic N) is 3. The topological polar surface area (TPSA) is 21.1 Å². The Kier molecular flexibility index (Phi) is 4.72. The lowest BCUT2D eigenvalue weighted by Crippen LogP contribution is -2.12. The molecular weight excluding hydrogens is 294 g/mol. The highest BCUT2D eigenvalue weighted by atomic mass is 15.1. The first-order chi connectivity index (χ1) is 11.5. The molecular formula is C21H27N3. The summed E-state index contributed by atoms with van der Waals surface area (Å²) in [7, 11) is 4.27. The fourth-order valence-electron chi connectivity index (χ4n) is 3.36. The van der Waals surface area contributed by atoms with Crippen molar-refractivity contribution in [3.8, 4) is 0 Å². The van der Waals surface area contributed by atoms with Crippen LogP contribution >= 0.6 is 0 Å². The van der Waals surface area contributed by atoms with Gasteiger partial charge in [0, 0.05) is 41.6 Å². The Balaban J connectivity index is 1.97. The summed E-state index contributed by atoms with van der Waals surface area (Å²) in [4.78, 5) is 6.66. The normalized spacial score (nSPS) is 11.6. The summed E-state index contributed by atoms with van der Waals surface area (Å²) < 4.78 is 2.47. The zero-order valence-electron chi connectivity index (χ0n) is 15.4. The first kappa shape index (κ1) is 16.7. The van der Waals surface area contributed by atoms with Crippen molar-refractivity contribution in [3.05, 3.63) is 64.6 Å². The van der Waals surface area contributed by atoms with Gasteiger partial charge in [-0.15, -0.1) is 0 Å². The molecule has 0 aliphatic rings. The minimum Gasteiger partial charge on any atom is -0.344 e. The highest BCUT2D eigenvalue weighted by molar-refractivity contribution is 5.86. The summed E-state index contributed by atoms with van der Waals surface area (Å²) in [6.45, 7) is 8.42. The van der Waals surface area contributed by atoms with Gasteiger partial charge in [0.05, 0.1) is 0 Å². The van der Waals surface area contributed by atoms with Gasteiger partial charge in [-0.1, -0.05) is 17.7 Å². The minimum atomic E-state index is 0.977. The molecule has 126 valence electrons. The fourth-order valence-corrected chi connectivity index (χ4v) is 3.36. The van der Waals surface area contributed by atoms with Crippen LogP contribution in [0.5, 0.6) is 0 Å². The average molecular weight is 321 g/mol. The Morgan fingerprint density at radius 3 is 2.50 bits per heavy atom. The summed E-state index contributed by atoms with van der Waals surface area (Å²) in [5.41, 5.74) is 7.86. The van der Waals surface area contributed by atoms with E-state index in [2.05, 4.69) is 72.7 Å². The van der Waals surface area contributed by atoms with Gasteiger partial charge in [-0.3, -0.25) is 4.98 Å². The van der Waals surface area contributed by atoms with E-state index >= 15 is 0 Å². The zero-order chi connectivity index (χ0) is 17.3. The predicted octanol–water partition coefficient (Wildman–Crippen LogP) is 4.27. The molecule has 3 rings (SSSR count). The number of hydrogen-bond acceptors (Lipinski definition) is 2. The molecule has 24 heavy (non-hydrogen) atoms. The predicted molar refractivity (Wildman–Crippen MR) is 101 cm³/mol. The molecule has 0 saturated carbocycles. The summed E-state index contributed by atoms with van der Waals surface area (Å²) in [5, 5.41) is 1.39. The number of benzene rings is 1. The van der Waals surface area contributed by atoms with Crippen molar-refractivity contribution < 1.29 is 0 Å². The first-order valence-corrected chi connectivity index (χ1v) is 8.60. The first-order valence-electron chi connectivity index (χ1n) is 8.60. The molecule has 2 heterocycles. The highest BCUT2D eigenvalue weighted by Crippen LogP contribution is 2.28. The minimum absolute atomic E-state index is 0.977. The monoisotopic (exact) mass is 321 g/mol. The van der Waals surface area contributed by atoms with E-state index in [4.69, 9.17) is 0 Å². The van der Waals surface area contributed by atoms with Gasteiger partial charge in [-0.2, -0.15) is 0 Å². The number of aromatic nitrogens is 2. The second-order valence-electron chi connectivity index (χ2n) is 7.03. The second kappa shape index (κ2) is 6.78. The molecule has 2 aromatic heterocycles. The van der Waals surface area contributed by atoms with E-state index in [1.54, 1.807) is 0 Å². The van der Waals surface area contributed by atoms with E-state index in [-0.39, 0.29) is 0 Å². The molecule has 0 spiro atoms. The van der Waals surface area contributed by atoms with E-state index in [1.807, 2.05) is 13.1 Å². The Labute approximate surface area is 144 Å². The average Bonchev–Trinajstić information content (AvgIpc) is 2.78. The van der Waals surface area contributed by atoms with Crippen molar-refractivity contribution >= 4 is 10.9 Å². The Morgan fingerprint density at radius 1 is 1.04 bits per heavy atom. The maximum atomic E-state index is 4.42. The van der Waals surface area contributed by atoms with Crippen LogP contribution in [0.3, 0.4) is 0 Å². The van der Waals surface area contributed by atoms with Crippen LogP contribution in [0.4, 0.5) is 0 Å². The zero-order valence-corrected chi connectivity index (χ0v) is 15.4. The Bertz CT molecular complexity index is 842. The van der Waals surface area contributed by atoms with Gasteiger partial charge in [-0.25, -0.2) is 0 Å². The van der Waals surface area contributed by atoms with Crippen molar-refractivity contribution in [1.29, 1.82) is 0 Å². The van der Waals surface area contributed by atoms with Crippen molar-refractivity contribution in [3.63, 3.8) is 0 Å². The lowest BCUT2D eigenvalue weighted by molar-refractivity contribution is 0.402. The molecule has 0 unspecified atom stereocenters. The van der Waals surface area contributed by atoms with Crippen LogP contribution < -0.4 is 0 Å². The van der Waals surface area contributed by atoms with E-state index in [1.165, 1.54) is 33.3 Å². The maximum Gasteiger partial charge on any atom is 0.0486 e. The third-order valence-corrected chi connectivity index (χ3v) is 4.68. The van der Waals surface area contributed by atoms with E-state index in [0.29, 0.717) is 0 Å². The second-order valence-corrected chi connectivity index (χ2v) is 7.03.